The second-order valence-electron chi connectivity index (χ2n) is 3.38. The molecule has 0 fully saturated rings. The summed E-state index contributed by atoms with van der Waals surface area (Å²) in [6.45, 7) is 0. The minimum Gasteiger partial charge on any atom is -0.466 e. The van der Waals surface area contributed by atoms with Gasteiger partial charge in [0.2, 0.25) is 5.95 Å². The van der Waals surface area contributed by atoms with Crippen LogP contribution in [0.4, 0.5) is 5.95 Å². The van der Waals surface area contributed by atoms with Gasteiger partial charge in [0, 0.05) is 0 Å². The highest BCUT2D eigenvalue weighted by Gasteiger charge is 2.25. The van der Waals surface area contributed by atoms with Crippen LogP contribution in [0, 0.1) is 0 Å². The number of sulfonamides is 1. The highest BCUT2D eigenvalue weighted by atomic mass is 32.2. The summed E-state index contributed by atoms with van der Waals surface area (Å²) in [6.07, 6.45) is 0. The first-order valence-electron chi connectivity index (χ1n) is 5.13. The number of carbonyl (C=O) groups excluding carboxylic acids is 1. The van der Waals surface area contributed by atoms with E-state index in [1.807, 2.05) is 0 Å². The molecule has 11 heteroatoms. The number of rotatable bonds is 5. The minimum absolute atomic E-state index is 0.0128. The van der Waals surface area contributed by atoms with E-state index < -0.39 is 16.0 Å². The van der Waals surface area contributed by atoms with Gasteiger partial charge < -0.3 is 9.47 Å². The molecule has 0 atom stereocenters. The highest BCUT2D eigenvalue weighted by Crippen LogP contribution is 2.24. The van der Waals surface area contributed by atoms with Crippen molar-refractivity contribution < 1.29 is 22.7 Å². The SMILES string of the molecule is COC(=O)c1sccc1S(=O)(=O)Nc1nc(OC)n[nH]1. The van der Waals surface area contributed by atoms with E-state index in [-0.39, 0.29) is 21.7 Å². The first kappa shape index (κ1) is 14.3. The van der Waals surface area contributed by atoms with Crippen molar-refractivity contribution in [3.05, 3.63) is 16.3 Å². The van der Waals surface area contributed by atoms with Crippen LogP contribution < -0.4 is 9.46 Å². The van der Waals surface area contributed by atoms with Gasteiger partial charge in [-0.25, -0.2) is 23.0 Å². The van der Waals surface area contributed by atoms with Gasteiger partial charge >= 0.3 is 12.0 Å². The summed E-state index contributed by atoms with van der Waals surface area (Å²) in [4.78, 5) is 15.0. The van der Waals surface area contributed by atoms with Crippen LogP contribution in [0.3, 0.4) is 0 Å². The number of methoxy groups -OCH3 is 2. The Morgan fingerprint density at radius 2 is 2.20 bits per heavy atom. The minimum atomic E-state index is -3.98. The normalized spacial score (nSPS) is 11.1. The summed E-state index contributed by atoms with van der Waals surface area (Å²) in [5.74, 6) is -0.848. The van der Waals surface area contributed by atoms with Crippen LogP contribution in [0.1, 0.15) is 9.67 Å². The summed E-state index contributed by atoms with van der Waals surface area (Å²) < 4.78 is 35.7. The van der Waals surface area contributed by atoms with Crippen molar-refractivity contribution in [1.82, 2.24) is 15.2 Å². The molecule has 0 aliphatic carbocycles. The lowest BCUT2D eigenvalue weighted by molar-refractivity contribution is 0.0602. The number of ether oxygens (including phenoxy) is 2. The summed E-state index contributed by atoms with van der Waals surface area (Å²) >= 11 is 0.965. The number of H-pyrrole nitrogens is 1. The number of thiophene rings is 1. The molecule has 0 bridgehead atoms. The van der Waals surface area contributed by atoms with Crippen LogP contribution in [-0.2, 0) is 14.8 Å². The fraction of sp³-hybridized carbons (Fsp3) is 0.222. The third-order valence-corrected chi connectivity index (χ3v) is 4.57. The van der Waals surface area contributed by atoms with E-state index in [1.54, 1.807) is 0 Å². The molecule has 2 aromatic rings. The quantitative estimate of drug-likeness (QED) is 0.768. The van der Waals surface area contributed by atoms with E-state index in [4.69, 9.17) is 4.74 Å². The Labute approximate surface area is 118 Å². The molecule has 2 rings (SSSR count). The van der Waals surface area contributed by atoms with Crippen LogP contribution in [-0.4, -0.2) is 43.8 Å². The number of aromatic nitrogens is 3. The lowest BCUT2D eigenvalue weighted by Gasteiger charge is -2.04. The predicted molar refractivity (Wildman–Crippen MR) is 69.4 cm³/mol. The van der Waals surface area contributed by atoms with Crippen molar-refractivity contribution in [2.45, 2.75) is 4.90 Å². The second kappa shape index (κ2) is 5.46. The van der Waals surface area contributed by atoms with Crippen molar-refractivity contribution in [1.29, 1.82) is 0 Å². The molecular weight excluding hydrogens is 308 g/mol. The van der Waals surface area contributed by atoms with Crippen LogP contribution >= 0.6 is 11.3 Å². The van der Waals surface area contributed by atoms with Gasteiger partial charge in [0.05, 0.1) is 14.2 Å². The topological polar surface area (TPSA) is 123 Å². The number of carbonyl (C=O) groups is 1. The molecule has 0 amide bonds. The number of anilines is 1. The summed E-state index contributed by atoms with van der Waals surface area (Å²) in [5.41, 5.74) is 0. The maximum Gasteiger partial charge on any atom is 0.349 e. The Bertz CT molecular complexity index is 720. The molecule has 2 N–H and O–H groups in total. The van der Waals surface area contributed by atoms with E-state index in [0.717, 1.165) is 11.3 Å². The first-order chi connectivity index (χ1) is 9.47. The average Bonchev–Trinajstić information content (AvgIpc) is 3.05. The molecule has 0 saturated carbocycles. The maximum absolute atomic E-state index is 12.2. The van der Waals surface area contributed by atoms with Crippen molar-refractivity contribution in [2.24, 2.45) is 0 Å². The van der Waals surface area contributed by atoms with Gasteiger partial charge in [-0.15, -0.1) is 16.4 Å². The van der Waals surface area contributed by atoms with Gasteiger partial charge in [-0.2, -0.15) is 4.98 Å². The van der Waals surface area contributed by atoms with E-state index >= 15 is 0 Å². The smallest absolute Gasteiger partial charge is 0.349 e. The zero-order valence-corrected chi connectivity index (χ0v) is 12.0. The lowest BCUT2D eigenvalue weighted by atomic mass is 10.5. The van der Waals surface area contributed by atoms with E-state index in [2.05, 4.69) is 24.6 Å². The lowest BCUT2D eigenvalue weighted by Crippen LogP contribution is -2.16. The molecule has 0 aromatic carbocycles. The number of esters is 1. The molecule has 9 nitrogen and oxygen atoms in total. The standard InChI is InChI=1S/C9H10N4O5S2/c1-17-7(14)6-5(3-4-19-6)20(15,16)13-8-10-9(18-2)12-11-8/h3-4H,1-2H3,(H2,10,11,12,13). The van der Waals surface area contributed by atoms with Crippen LogP contribution in [0.15, 0.2) is 16.3 Å². The summed E-state index contributed by atoms with van der Waals surface area (Å²) in [5, 5.41) is 7.42. The molecule has 0 saturated heterocycles. The van der Waals surface area contributed by atoms with E-state index in [1.165, 1.54) is 25.7 Å². The molecule has 0 unspecified atom stereocenters. The van der Waals surface area contributed by atoms with E-state index in [9.17, 15) is 13.2 Å². The molecule has 20 heavy (non-hydrogen) atoms. The number of aromatic amines is 1. The third kappa shape index (κ3) is 2.72. The molecule has 2 aromatic heterocycles. The van der Waals surface area contributed by atoms with Gasteiger partial charge in [0.25, 0.3) is 10.0 Å². The molecule has 0 spiro atoms. The van der Waals surface area contributed by atoms with Gasteiger partial charge in [-0.05, 0) is 11.4 Å². The Morgan fingerprint density at radius 1 is 1.45 bits per heavy atom. The van der Waals surface area contributed by atoms with Crippen molar-refractivity contribution in [3.8, 4) is 6.01 Å². The zero-order valence-electron chi connectivity index (χ0n) is 10.4. The second-order valence-corrected chi connectivity index (χ2v) is 5.95. The molecule has 0 aliphatic rings. The van der Waals surface area contributed by atoms with Gasteiger partial charge in [0.1, 0.15) is 9.77 Å². The monoisotopic (exact) mass is 318 g/mol. The molecule has 0 aliphatic heterocycles. The number of nitrogens with zero attached hydrogens (tertiary/aromatic N) is 2. The van der Waals surface area contributed by atoms with Crippen LogP contribution in [0.5, 0.6) is 6.01 Å². The Balaban J connectivity index is 2.31. The third-order valence-electron chi connectivity index (χ3n) is 2.17. The van der Waals surface area contributed by atoms with Gasteiger partial charge in [0.15, 0.2) is 0 Å². The molecule has 108 valence electrons. The number of nitrogens with one attached hydrogen (secondary N) is 2. The molecule has 2 heterocycles. The van der Waals surface area contributed by atoms with Gasteiger partial charge in [-0.1, -0.05) is 0 Å². The average molecular weight is 318 g/mol. The highest BCUT2D eigenvalue weighted by molar-refractivity contribution is 7.93. The Hall–Kier alpha value is -2.14. The number of hydrogen-bond donors (Lipinski definition) is 2. The maximum atomic E-state index is 12.2. The molecular formula is C9H10N4O5S2. The molecule has 0 radical (unpaired) electrons. The summed E-state index contributed by atoms with van der Waals surface area (Å²) in [6, 6.07) is 1.29. The van der Waals surface area contributed by atoms with Gasteiger partial charge in [-0.3, -0.25) is 0 Å². The fourth-order valence-electron chi connectivity index (χ4n) is 1.32. The van der Waals surface area contributed by atoms with Crippen molar-refractivity contribution in [3.63, 3.8) is 0 Å². The zero-order chi connectivity index (χ0) is 14.8. The van der Waals surface area contributed by atoms with Crippen LogP contribution in [0.25, 0.3) is 0 Å². The van der Waals surface area contributed by atoms with Crippen LogP contribution in [0.2, 0.25) is 0 Å². The number of hydrogen-bond acceptors (Lipinski definition) is 8. The summed E-state index contributed by atoms with van der Waals surface area (Å²) in [7, 11) is -1.46. The fourth-order valence-corrected chi connectivity index (χ4v) is 3.61. The van der Waals surface area contributed by atoms with Crippen molar-refractivity contribution >= 4 is 33.3 Å². The van der Waals surface area contributed by atoms with Crippen molar-refractivity contribution in [2.75, 3.05) is 18.9 Å². The predicted octanol–water partition coefficient (Wildman–Crippen LogP) is 0.462. The first-order valence-corrected chi connectivity index (χ1v) is 7.49. The Morgan fingerprint density at radius 3 is 2.80 bits per heavy atom. The Kier molecular flexibility index (Phi) is 3.90. The van der Waals surface area contributed by atoms with E-state index in [0.29, 0.717) is 0 Å². The largest absolute Gasteiger partial charge is 0.466 e.